The molecule has 0 bridgehead atoms. The number of methoxy groups -OCH3 is 1. The quantitative estimate of drug-likeness (QED) is 0.828. The summed E-state index contributed by atoms with van der Waals surface area (Å²) >= 11 is 0. The molecule has 0 saturated carbocycles. The zero-order valence-electron chi connectivity index (χ0n) is 11.3. The first-order chi connectivity index (χ1) is 9.63. The SMILES string of the molecule is COC(=O)c1nccc(N2CCCCCC2C(=O)O)n1. The third kappa shape index (κ3) is 3.04. The lowest BCUT2D eigenvalue weighted by Crippen LogP contribution is -2.41. The average molecular weight is 279 g/mol. The van der Waals surface area contributed by atoms with Crippen LogP contribution in [-0.4, -0.2) is 46.7 Å². The van der Waals surface area contributed by atoms with Crippen LogP contribution < -0.4 is 4.90 Å². The highest BCUT2D eigenvalue weighted by Crippen LogP contribution is 2.22. The molecule has 0 aromatic carbocycles. The summed E-state index contributed by atoms with van der Waals surface area (Å²) in [5.74, 6) is -1.10. The number of carboxylic acids is 1. The molecule has 0 spiro atoms. The molecule has 7 nitrogen and oxygen atoms in total. The van der Waals surface area contributed by atoms with Crippen molar-refractivity contribution in [1.82, 2.24) is 9.97 Å². The number of aliphatic carboxylic acids is 1. The Labute approximate surface area is 116 Å². The van der Waals surface area contributed by atoms with E-state index in [0.717, 1.165) is 19.3 Å². The molecule has 2 rings (SSSR count). The lowest BCUT2D eigenvalue weighted by Gasteiger charge is -2.27. The van der Waals surface area contributed by atoms with E-state index in [0.29, 0.717) is 18.8 Å². The predicted molar refractivity (Wildman–Crippen MR) is 70.6 cm³/mol. The number of carboxylic acid groups (broad SMARTS) is 1. The zero-order chi connectivity index (χ0) is 14.5. The maximum atomic E-state index is 11.4. The topological polar surface area (TPSA) is 92.6 Å². The van der Waals surface area contributed by atoms with Crippen LogP contribution in [0.15, 0.2) is 12.3 Å². The summed E-state index contributed by atoms with van der Waals surface area (Å²) in [4.78, 5) is 32.5. The molecule has 1 atom stereocenters. The number of hydrogen-bond donors (Lipinski definition) is 1. The highest BCUT2D eigenvalue weighted by atomic mass is 16.5. The molecule has 0 aliphatic carbocycles. The van der Waals surface area contributed by atoms with Gasteiger partial charge in [0.2, 0.25) is 5.82 Å². The molecule has 1 aromatic rings. The Bertz CT molecular complexity index is 506. The van der Waals surface area contributed by atoms with E-state index < -0.39 is 18.0 Å². The second kappa shape index (κ2) is 6.31. The highest BCUT2D eigenvalue weighted by molar-refractivity contribution is 5.85. The molecule has 1 aliphatic heterocycles. The largest absolute Gasteiger partial charge is 0.480 e. The Kier molecular flexibility index (Phi) is 4.49. The second-order valence-corrected chi connectivity index (χ2v) is 4.63. The molecule has 7 heteroatoms. The maximum Gasteiger partial charge on any atom is 0.376 e. The molecule has 20 heavy (non-hydrogen) atoms. The molecule has 1 aromatic heterocycles. The van der Waals surface area contributed by atoms with E-state index >= 15 is 0 Å². The van der Waals surface area contributed by atoms with Crippen LogP contribution in [0.4, 0.5) is 5.82 Å². The van der Waals surface area contributed by atoms with Crippen molar-refractivity contribution in [2.24, 2.45) is 0 Å². The van der Waals surface area contributed by atoms with Crippen molar-refractivity contribution < 1.29 is 19.4 Å². The number of hydrogen-bond acceptors (Lipinski definition) is 6. The minimum Gasteiger partial charge on any atom is -0.480 e. The van der Waals surface area contributed by atoms with Crippen LogP contribution in [0.2, 0.25) is 0 Å². The fourth-order valence-electron chi connectivity index (χ4n) is 2.34. The molecule has 1 aliphatic rings. The van der Waals surface area contributed by atoms with Gasteiger partial charge in [-0.3, -0.25) is 0 Å². The van der Waals surface area contributed by atoms with Gasteiger partial charge >= 0.3 is 11.9 Å². The number of ether oxygens (including phenoxy) is 1. The number of rotatable bonds is 3. The van der Waals surface area contributed by atoms with Gasteiger partial charge in [0.25, 0.3) is 0 Å². The van der Waals surface area contributed by atoms with E-state index in [1.54, 1.807) is 11.0 Å². The van der Waals surface area contributed by atoms with Crippen molar-refractivity contribution in [3.8, 4) is 0 Å². The van der Waals surface area contributed by atoms with Crippen LogP contribution >= 0.6 is 0 Å². The molecule has 108 valence electrons. The molecule has 2 heterocycles. The van der Waals surface area contributed by atoms with E-state index in [9.17, 15) is 14.7 Å². The summed E-state index contributed by atoms with van der Waals surface area (Å²) in [5.41, 5.74) is 0. The van der Waals surface area contributed by atoms with Crippen LogP contribution in [0.25, 0.3) is 0 Å². The van der Waals surface area contributed by atoms with E-state index in [1.807, 2.05) is 0 Å². The minimum absolute atomic E-state index is 0.0571. The van der Waals surface area contributed by atoms with Gasteiger partial charge in [-0.15, -0.1) is 0 Å². The van der Waals surface area contributed by atoms with Crippen LogP contribution in [0.1, 0.15) is 36.3 Å². The highest BCUT2D eigenvalue weighted by Gasteiger charge is 2.28. The van der Waals surface area contributed by atoms with Gasteiger partial charge in [-0.05, 0) is 18.9 Å². The van der Waals surface area contributed by atoms with Gasteiger partial charge in [0.15, 0.2) is 0 Å². The van der Waals surface area contributed by atoms with E-state index in [-0.39, 0.29) is 5.82 Å². The summed E-state index contributed by atoms with van der Waals surface area (Å²) in [6, 6.07) is 1.01. The van der Waals surface area contributed by atoms with Gasteiger partial charge in [0, 0.05) is 12.7 Å². The summed E-state index contributed by atoms with van der Waals surface area (Å²) in [6.45, 7) is 0.606. The molecule has 0 radical (unpaired) electrons. The van der Waals surface area contributed by atoms with Gasteiger partial charge in [0.1, 0.15) is 11.9 Å². The number of anilines is 1. The Balaban J connectivity index is 2.31. The fourth-order valence-corrected chi connectivity index (χ4v) is 2.34. The van der Waals surface area contributed by atoms with Gasteiger partial charge < -0.3 is 14.7 Å². The normalized spacial score (nSPS) is 19.2. The van der Waals surface area contributed by atoms with Crippen molar-refractivity contribution in [3.05, 3.63) is 18.1 Å². The minimum atomic E-state index is -0.870. The van der Waals surface area contributed by atoms with Crippen molar-refractivity contribution in [2.45, 2.75) is 31.7 Å². The Hall–Kier alpha value is -2.18. The standard InChI is InChI=1S/C13H17N3O4/c1-20-13(19)11-14-7-6-10(15-11)16-8-4-2-3-5-9(16)12(17)18/h6-7,9H,2-5,8H2,1H3,(H,17,18). The number of esters is 1. The van der Waals surface area contributed by atoms with Crippen molar-refractivity contribution in [3.63, 3.8) is 0 Å². The molecular formula is C13H17N3O4. The Morgan fingerprint density at radius 2 is 2.20 bits per heavy atom. The van der Waals surface area contributed by atoms with Crippen molar-refractivity contribution >= 4 is 17.8 Å². The summed E-state index contributed by atoms with van der Waals surface area (Å²) in [7, 11) is 1.25. The average Bonchev–Trinajstić information content (AvgIpc) is 2.72. The number of carbonyl (C=O) groups is 2. The first-order valence-corrected chi connectivity index (χ1v) is 6.54. The van der Waals surface area contributed by atoms with Crippen LogP contribution in [0, 0.1) is 0 Å². The maximum absolute atomic E-state index is 11.4. The lowest BCUT2D eigenvalue weighted by atomic mass is 10.1. The number of aromatic nitrogens is 2. The van der Waals surface area contributed by atoms with Gasteiger partial charge in [-0.2, -0.15) is 0 Å². The zero-order valence-corrected chi connectivity index (χ0v) is 11.3. The smallest absolute Gasteiger partial charge is 0.376 e. The molecule has 1 unspecified atom stereocenters. The van der Waals surface area contributed by atoms with Crippen LogP contribution in [-0.2, 0) is 9.53 Å². The number of nitrogens with zero attached hydrogens (tertiary/aromatic N) is 3. The lowest BCUT2D eigenvalue weighted by molar-refractivity contribution is -0.138. The summed E-state index contributed by atoms with van der Waals surface area (Å²) in [5, 5.41) is 9.34. The first kappa shape index (κ1) is 14.2. The molecule has 0 amide bonds. The first-order valence-electron chi connectivity index (χ1n) is 6.54. The van der Waals surface area contributed by atoms with E-state index in [4.69, 9.17) is 0 Å². The third-order valence-electron chi connectivity index (χ3n) is 3.34. The monoisotopic (exact) mass is 279 g/mol. The van der Waals surface area contributed by atoms with E-state index in [1.165, 1.54) is 13.3 Å². The van der Waals surface area contributed by atoms with Gasteiger partial charge in [-0.1, -0.05) is 12.8 Å². The van der Waals surface area contributed by atoms with Gasteiger partial charge in [-0.25, -0.2) is 19.6 Å². The molecule has 1 saturated heterocycles. The predicted octanol–water partition coefficient (Wildman–Crippen LogP) is 1.10. The Morgan fingerprint density at radius 3 is 2.90 bits per heavy atom. The fraction of sp³-hybridized carbons (Fsp3) is 0.538. The molecular weight excluding hydrogens is 262 g/mol. The molecule has 1 fully saturated rings. The Morgan fingerprint density at radius 1 is 1.40 bits per heavy atom. The summed E-state index contributed by atoms with van der Waals surface area (Å²) < 4.78 is 4.58. The summed E-state index contributed by atoms with van der Waals surface area (Å²) in [6.07, 6.45) is 4.80. The second-order valence-electron chi connectivity index (χ2n) is 4.63. The van der Waals surface area contributed by atoms with Crippen LogP contribution in [0.5, 0.6) is 0 Å². The van der Waals surface area contributed by atoms with Crippen molar-refractivity contribution in [1.29, 1.82) is 0 Å². The van der Waals surface area contributed by atoms with Crippen molar-refractivity contribution in [2.75, 3.05) is 18.6 Å². The van der Waals surface area contributed by atoms with Crippen LogP contribution in [0.3, 0.4) is 0 Å². The number of carbonyl (C=O) groups excluding carboxylic acids is 1. The van der Waals surface area contributed by atoms with E-state index in [2.05, 4.69) is 14.7 Å². The third-order valence-corrected chi connectivity index (χ3v) is 3.34. The van der Waals surface area contributed by atoms with Gasteiger partial charge in [0.05, 0.1) is 7.11 Å². The molecule has 1 N–H and O–H groups in total.